The number of nitrogens with one attached hydrogen (secondary N) is 1. The molecule has 2 aromatic rings. The van der Waals surface area contributed by atoms with E-state index in [9.17, 15) is 9.59 Å². The first-order chi connectivity index (χ1) is 13.2. The molecule has 0 unspecified atom stereocenters. The fourth-order valence-corrected chi connectivity index (χ4v) is 3.95. The van der Waals surface area contributed by atoms with Crippen LogP contribution in [0, 0.1) is 11.8 Å². The van der Waals surface area contributed by atoms with Crippen LogP contribution in [-0.4, -0.2) is 29.8 Å². The van der Waals surface area contributed by atoms with Crippen LogP contribution in [0.3, 0.4) is 0 Å². The van der Waals surface area contributed by atoms with Gasteiger partial charge in [-0.1, -0.05) is 60.7 Å². The smallest absolute Gasteiger partial charge is 0.225 e. The van der Waals surface area contributed by atoms with Crippen LogP contribution in [0.25, 0.3) is 0 Å². The Kier molecular flexibility index (Phi) is 5.23. The average molecular weight is 362 g/mol. The first kappa shape index (κ1) is 17.8. The monoisotopic (exact) mass is 362 g/mol. The van der Waals surface area contributed by atoms with Gasteiger partial charge >= 0.3 is 0 Å². The van der Waals surface area contributed by atoms with Crippen molar-refractivity contribution in [3.8, 4) is 0 Å². The van der Waals surface area contributed by atoms with Crippen LogP contribution >= 0.6 is 0 Å². The van der Waals surface area contributed by atoms with Crippen LogP contribution in [0.15, 0.2) is 60.7 Å². The molecule has 0 aromatic heterocycles. The lowest BCUT2D eigenvalue weighted by molar-refractivity contribution is -0.137. The van der Waals surface area contributed by atoms with E-state index >= 15 is 0 Å². The van der Waals surface area contributed by atoms with Gasteiger partial charge in [0, 0.05) is 31.5 Å². The maximum absolute atomic E-state index is 12.9. The highest BCUT2D eigenvalue weighted by molar-refractivity contribution is 5.83. The Balaban J connectivity index is 1.46. The van der Waals surface area contributed by atoms with Gasteiger partial charge in [0.15, 0.2) is 0 Å². The molecule has 1 aliphatic carbocycles. The summed E-state index contributed by atoms with van der Waals surface area (Å²) in [5.74, 6) is 0.530. The molecule has 4 nitrogen and oxygen atoms in total. The lowest BCUT2D eigenvalue weighted by Gasteiger charge is -2.37. The summed E-state index contributed by atoms with van der Waals surface area (Å²) < 4.78 is 0. The standard InChI is InChI=1S/C23H26N2O2/c26-22(24-14-17-7-3-1-4-8-17)21-13-20(18-9-5-2-6-10-18)15-25(16-21)23(27)19-11-12-19/h1-10,19-21H,11-16H2,(H,24,26)/t20-,21+/m1/s1. The Labute approximate surface area is 160 Å². The van der Waals surface area contributed by atoms with Crippen molar-refractivity contribution in [1.82, 2.24) is 10.2 Å². The van der Waals surface area contributed by atoms with Crippen molar-refractivity contribution in [2.45, 2.75) is 31.7 Å². The third-order valence-corrected chi connectivity index (χ3v) is 5.64. The van der Waals surface area contributed by atoms with Gasteiger partial charge < -0.3 is 10.2 Å². The SMILES string of the molecule is O=C(NCc1ccccc1)[C@H]1C[C@@H](c2ccccc2)CN(C(=O)C2CC2)C1. The van der Waals surface area contributed by atoms with E-state index in [1.54, 1.807) is 0 Å². The molecule has 2 atom stereocenters. The van der Waals surface area contributed by atoms with Gasteiger partial charge in [0.25, 0.3) is 0 Å². The minimum Gasteiger partial charge on any atom is -0.352 e. The molecule has 1 aliphatic heterocycles. The maximum Gasteiger partial charge on any atom is 0.225 e. The Bertz CT molecular complexity index is 787. The Morgan fingerprint density at radius 2 is 1.56 bits per heavy atom. The van der Waals surface area contributed by atoms with E-state index in [4.69, 9.17) is 0 Å². The largest absolute Gasteiger partial charge is 0.352 e. The molecule has 0 bridgehead atoms. The van der Waals surface area contributed by atoms with Crippen LogP contribution in [-0.2, 0) is 16.1 Å². The molecule has 4 rings (SSSR count). The molecule has 1 N–H and O–H groups in total. The lowest BCUT2D eigenvalue weighted by atomic mass is 9.84. The number of rotatable bonds is 5. The molecule has 2 aliphatic rings. The van der Waals surface area contributed by atoms with Gasteiger partial charge in [0.05, 0.1) is 5.92 Å². The van der Waals surface area contributed by atoms with Crippen molar-refractivity contribution >= 4 is 11.8 Å². The molecule has 0 radical (unpaired) electrons. The number of nitrogens with zero attached hydrogens (tertiary/aromatic N) is 1. The van der Waals surface area contributed by atoms with Crippen LogP contribution < -0.4 is 5.32 Å². The van der Waals surface area contributed by atoms with E-state index in [0.29, 0.717) is 13.1 Å². The van der Waals surface area contributed by atoms with E-state index < -0.39 is 0 Å². The summed E-state index contributed by atoms with van der Waals surface area (Å²) in [6, 6.07) is 20.2. The predicted molar refractivity (Wildman–Crippen MR) is 105 cm³/mol. The summed E-state index contributed by atoms with van der Waals surface area (Å²) in [7, 11) is 0. The summed E-state index contributed by atoms with van der Waals surface area (Å²) in [6.45, 7) is 1.80. The fraction of sp³-hybridized carbons (Fsp3) is 0.391. The molecule has 1 saturated heterocycles. The summed E-state index contributed by atoms with van der Waals surface area (Å²) >= 11 is 0. The first-order valence-electron chi connectivity index (χ1n) is 9.86. The van der Waals surface area contributed by atoms with Gasteiger partial charge in [0.2, 0.25) is 11.8 Å². The first-order valence-corrected chi connectivity index (χ1v) is 9.86. The third kappa shape index (κ3) is 4.38. The van der Waals surface area contributed by atoms with Gasteiger partial charge in [0.1, 0.15) is 0 Å². The van der Waals surface area contributed by atoms with Crippen LogP contribution in [0.1, 0.15) is 36.3 Å². The van der Waals surface area contributed by atoms with E-state index in [1.807, 2.05) is 53.4 Å². The highest BCUT2D eigenvalue weighted by atomic mass is 16.2. The quantitative estimate of drug-likeness (QED) is 0.887. The number of carbonyl (C=O) groups is 2. The number of amides is 2. The summed E-state index contributed by atoms with van der Waals surface area (Å²) in [5.41, 5.74) is 2.30. The second-order valence-corrected chi connectivity index (χ2v) is 7.76. The number of hydrogen-bond donors (Lipinski definition) is 1. The highest BCUT2D eigenvalue weighted by Crippen LogP contribution is 2.36. The zero-order valence-electron chi connectivity index (χ0n) is 15.5. The number of piperidine rings is 1. The van der Waals surface area contributed by atoms with E-state index in [1.165, 1.54) is 5.56 Å². The zero-order valence-corrected chi connectivity index (χ0v) is 15.5. The van der Waals surface area contributed by atoms with Crippen LogP contribution in [0.5, 0.6) is 0 Å². The van der Waals surface area contributed by atoms with Crippen molar-refractivity contribution in [1.29, 1.82) is 0 Å². The molecule has 4 heteroatoms. The normalized spacial score (nSPS) is 22.3. The fourth-order valence-electron chi connectivity index (χ4n) is 3.95. The van der Waals surface area contributed by atoms with Crippen molar-refractivity contribution in [3.63, 3.8) is 0 Å². The summed E-state index contributed by atoms with van der Waals surface area (Å²) in [6.07, 6.45) is 2.78. The zero-order chi connectivity index (χ0) is 18.6. The van der Waals surface area contributed by atoms with Crippen molar-refractivity contribution in [3.05, 3.63) is 71.8 Å². The van der Waals surface area contributed by atoms with Crippen molar-refractivity contribution in [2.24, 2.45) is 11.8 Å². The molecule has 1 heterocycles. The minimum atomic E-state index is -0.157. The molecule has 2 fully saturated rings. The molecule has 2 aromatic carbocycles. The molecule has 27 heavy (non-hydrogen) atoms. The third-order valence-electron chi connectivity index (χ3n) is 5.64. The predicted octanol–water partition coefficient (Wildman–Crippen LogP) is 3.35. The minimum absolute atomic E-state index is 0.0491. The van der Waals surface area contributed by atoms with Gasteiger partial charge in [-0.05, 0) is 30.4 Å². The lowest BCUT2D eigenvalue weighted by Crippen LogP contribution is -2.48. The molecular formula is C23H26N2O2. The second kappa shape index (κ2) is 7.95. The van der Waals surface area contributed by atoms with Gasteiger partial charge in [-0.15, -0.1) is 0 Å². The average Bonchev–Trinajstić information content (AvgIpc) is 3.58. The summed E-state index contributed by atoms with van der Waals surface area (Å²) in [4.78, 5) is 27.5. The maximum atomic E-state index is 12.9. The number of hydrogen-bond acceptors (Lipinski definition) is 2. The molecule has 140 valence electrons. The number of likely N-dealkylation sites (tertiary alicyclic amines) is 1. The Hall–Kier alpha value is -2.62. The Morgan fingerprint density at radius 1 is 0.889 bits per heavy atom. The number of benzene rings is 2. The highest BCUT2D eigenvalue weighted by Gasteiger charge is 2.39. The summed E-state index contributed by atoms with van der Waals surface area (Å²) in [5, 5.41) is 3.07. The van der Waals surface area contributed by atoms with E-state index in [2.05, 4.69) is 17.4 Å². The van der Waals surface area contributed by atoms with E-state index in [0.717, 1.165) is 31.4 Å². The van der Waals surface area contributed by atoms with Crippen molar-refractivity contribution < 1.29 is 9.59 Å². The second-order valence-electron chi connectivity index (χ2n) is 7.76. The molecule has 0 spiro atoms. The Morgan fingerprint density at radius 3 is 2.22 bits per heavy atom. The van der Waals surface area contributed by atoms with Crippen LogP contribution in [0.4, 0.5) is 0 Å². The molecule has 2 amide bonds. The molecular weight excluding hydrogens is 336 g/mol. The topological polar surface area (TPSA) is 49.4 Å². The van der Waals surface area contributed by atoms with Crippen LogP contribution in [0.2, 0.25) is 0 Å². The van der Waals surface area contributed by atoms with E-state index in [-0.39, 0.29) is 29.6 Å². The number of carbonyl (C=O) groups excluding carboxylic acids is 2. The molecule has 1 saturated carbocycles. The van der Waals surface area contributed by atoms with Gasteiger partial charge in [-0.25, -0.2) is 0 Å². The van der Waals surface area contributed by atoms with Crippen molar-refractivity contribution in [2.75, 3.05) is 13.1 Å². The van der Waals surface area contributed by atoms with Gasteiger partial charge in [-0.3, -0.25) is 9.59 Å². The van der Waals surface area contributed by atoms with Gasteiger partial charge in [-0.2, -0.15) is 0 Å².